The van der Waals surface area contributed by atoms with Crippen LogP contribution in [0.2, 0.25) is 0 Å². The van der Waals surface area contributed by atoms with Crippen molar-refractivity contribution in [1.29, 1.82) is 0 Å². The summed E-state index contributed by atoms with van der Waals surface area (Å²) in [6.45, 7) is 2.40. The van der Waals surface area contributed by atoms with E-state index >= 15 is 0 Å². The summed E-state index contributed by atoms with van der Waals surface area (Å²) in [6, 6.07) is 6.00. The lowest BCUT2D eigenvalue weighted by molar-refractivity contribution is 0.289. The zero-order valence-electron chi connectivity index (χ0n) is 9.34. The molecule has 0 amide bonds. The highest BCUT2D eigenvalue weighted by Crippen LogP contribution is 2.19. The van der Waals surface area contributed by atoms with Crippen molar-refractivity contribution in [1.82, 2.24) is 9.38 Å². The summed E-state index contributed by atoms with van der Waals surface area (Å²) in [5.74, 6) is 0.906. The minimum atomic E-state index is 0.263. The minimum absolute atomic E-state index is 0.263. The van der Waals surface area contributed by atoms with Gasteiger partial charge in [0.2, 0.25) is 0 Å². The molecule has 2 rings (SSSR count). The van der Waals surface area contributed by atoms with Crippen molar-refractivity contribution in [2.45, 2.75) is 24.3 Å². The SMILES string of the molecule is CC(CCO)SCc1cn2ccccc2n1. The van der Waals surface area contributed by atoms with Crippen LogP contribution in [0.5, 0.6) is 0 Å². The van der Waals surface area contributed by atoms with Crippen LogP contribution in [0.15, 0.2) is 30.6 Å². The first-order valence-electron chi connectivity index (χ1n) is 5.44. The largest absolute Gasteiger partial charge is 0.396 e. The van der Waals surface area contributed by atoms with E-state index < -0.39 is 0 Å². The van der Waals surface area contributed by atoms with Gasteiger partial charge < -0.3 is 9.51 Å². The van der Waals surface area contributed by atoms with Crippen molar-refractivity contribution in [3.05, 3.63) is 36.3 Å². The monoisotopic (exact) mass is 236 g/mol. The van der Waals surface area contributed by atoms with Crippen LogP contribution < -0.4 is 0 Å². The zero-order chi connectivity index (χ0) is 11.4. The molecule has 1 unspecified atom stereocenters. The number of fused-ring (bicyclic) bond motifs is 1. The standard InChI is InChI=1S/C12H16N2OS/c1-10(5-7-15)16-9-11-8-14-6-3-2-4-12(14)13-11/h2-4,6,8,10,15H,5,7,9H2,1H3. The van der Waals surface area contributed by atoms with Gasteiger partial charge in [0.25, 0.3) is 0 Å². The van der Waals surface area contributed by atoms with E-state index in [9.17, 15) is 0 Å². The molecule has 0 aliphatic rings. The number of nitrogens with zero attached hydrogens (tertiary/aromatic N) is 2. The van der Waals surface area contributed by atoms with E-state index in [-0.39, 0.29) is 6.61 Å². The predicted octanol–water partition coefficient (Wildman–Crippen LogP) is 2.34. The van der Waals surface area contributed by atoms with Gasteiger partial charge in [-0.15, -0.1) is 0 Å². The van der Waals surface area contributed by atoms with Gasteiger partial charge in [0.05, 0.1) is 5.69 Å². The number of hydrogen-bond acceptors (Lipinski definition) is 3. The van der Waals surface area contributed by atoms with E-state index in [0.717, 1.165) is 23.5 Å². The molecule has 0 radical (unpaired) electrons. The number of thioether (sulfide) groups is 1. The molecule has 16 heavy (non-hydrogen) atoms. The topological polar surface area (TPSA) is 37.5 Å². The maximum atomic E-state index is 8.82. The molecule has 86 valence electrons. The average Bonchev–Trinajstić information content (AvgIpc) is 2.69. The summed E-state index contributed by atoms with van der Waals surface area (Å²) >= 11 is 1.83. The molecular weight excluding hydrogens is 220 g/mol. The molecule has 1 atom stereocenters. The first-order valence-corrected chi connectivity index (χ1v) is 6.49. The van der Waals surface area contributed by atoms with Gasteiger partial charge in [0.1, 0.15) is 5.65 Å². The Bertz CT molecular complexity index is 422. The fourth-order valence-electron chi connectivity index (χ4n) is 1.55. The molecule has 0 aliphatic heterocycles. The Morgan fingerprint density at radius 2 is 2.38 bits per heavy atom. The summed E-state index contributed by atoms with van der Waals surface area (Å²) in [5.41, 5.74) is 2.09. The van der Waals surface area contributed by atoms with Gasteiger partial charge in [0, 0.05) is 30.0 Å². The Labute approximate surface area is 99.5 Å². The highest BCUT2D eigenvalue weighted by molar-refractivity contribution is 7.99. The van der Waals surface area contributed by atoms with Gasteiger partial charge in [-0.05, 0) is 18.6 Å². The maximum absolute atomic E-state index is 8.82. The van der Waals surface area contributed by atoms with Gasteiger partial charge in [-0.1, -0.05) is 13.0 Å². The molecule has 3 nitrogen and oxygen atoms in total. The number of imidazole rings is 1. The number of aliphatic hydroxyl groups excluding tert-OH is 1. The van der Waals surface area contributed by atoms with Crippen molar-refractivity contribution in [3.63, 3.8) is 0 Å². The molecule has 1 N–H and O–H groups in total. The number of pyridine rings is 1. The Morgan fingerprint density at radius 1 is 1.50 bits per heavy atom. The summed E-state index contributed by atoms with van der Waals surface area (Å²) in [4.78, 5) is 4.52. The first kappa shape index (κ1) is 11.5. The second kappa shape index (κ2) is 5.37. The number of rotatable bonds is 5. The van der Waals surface area contributed by atoms with E-state index in [1.165, 1.54) is 0 Å². The van der Waals surface area contributed by atoms with E-state index in [1.807, 2.05) is 40.6 Å². The zero-order valence-corrected chi connectivity index (χ0v) is 10.2. The predicted molar refractivity (Wildman–Crippen MR) is 67.7 cm³/mol. The molecule has 2 aromatic heterocycles. The van der Waals surface area contributed by atoms with E-state index in [1.54, 1.807) is 0 Å². The Balaban J connectivity index is 1.99. The van der Waals surface area contributed by atoms with Crippen LogP contribution in [0, 0.1) is 0 Å². The van der Waals surface area contributed by atoms with Crippen LogP contribution in [0.4, 0.5) is 0 Å². The quantitative estimate of drug-likeness (QED) is 0.866. The van der Waals surface area contributed by atoms with Crippen LogP contribution >= 0.6 is 11.8 Å². The average molecular weight is 236 g/mol. The fourth-order valence-corrected chi connectivity index (χ4v) is 2.42. The Morgan fingerprint density at radius 3 is 3.12 bits per heavy atom. The van der Waals surface area contributed by atoms with Crippen molar-refractivity contribution < 1.29 is 5.11 Å². The molecule has 0 fully saturated rings. The lowest BCUT2D eigenvalue weighted by Crippen LogP contribution is -1.99. The lowest BCUT2D eigenvalue weighted by Gasteiger charge is -2.06. The molecule has 0 saturated heterocycles. The minimum Gasteiger partial charge on any atom is -0.396 e. The molecule has 0 aromatic carbocycles. The van der Waals surface area contributed by atoms with Crippen molar-refractivity contribution >= 4 is 17.4 Å². The number of aliphatic hydroxyl groups is 1. The van der Waals surface area contributed by atoms with Gasteiger partial charge in [-0.25, -0.2) is 4.98 Å². The van der Waals surface area contributed by atoms with Crippen LogP contribution in [-0.4, -0.2) is 26.3 Å². The number of aromatic nitrogens is 2. The van der Waals surface area contributed by atoms with Crippen molar-refractivity contribution in [2.75, 3.05) is 6.61 Å². The molecular formula is C12H16N2OS. The van der Waals surface area contributed by atoms with Gasteiger partial charge >= 0.3 is 0 Å². The first-order chi connectivity index (χ1) is 7.79. The van der Waals surface area contributed by atoms with Crippen LogP contribution in [0.3, 0.4) is 0 Å². The van der Waals surface area contributed by atoms with Crippen LogP contribution in [0.1, 0.15) is 19.0 Å². The molecule has 0 saturated carbocycles. The van der Waals surface area contributed by atoms with Gasteiger partial charge in [0.15, 0.2) is 0 Å². The van der Waals surface area contributed by atoms with Crippen molar-refractivity contribution in [2.24, 2.45) is 0 Å². The smallest absolute Gasteiger partial charge is 0.137 e. The third-order valence-electron chi connectivity index (χ3n) is 2.47. The normalized spacial score (nSPS) is 13.1. The molecule has 0 spiro atoms. The Kier molecular flexibility index (Phi) is 3.85. The molecule has 4 heteroatoms. The summed E-state index contributed by atoms with van der Waals surface area (Å²) in [5, 5.41) is 9.30. The third kappa shape index (κ3) is 2.77. The van der Waals surface area contributed by atoms with E-state index in [4.69, 9.17) is 5.11 Å². The van der Waals surface area contributed by atoms with Gasteiger partial charge in [-0.2, -0.15) is 11.8 Å². The maximum Gasteiger partial charge on any atom is 0.137 e. The lowest BCUT2D eigenvalue weighted by atomic mass is 10.3. The Hall–Kier alpha value is -1.00. The molecule has 0 bridgehead atoms. The second-order valence-corrected chi connectivity index (χ2v) is 5.26. The third-order valence-corrected chi connectivity index (χ3v) is 3.73. The molecule has 0 aliphatic carbocycles. The van der Waals surface area contributed by atoms with Crippen LogP contribution in [-0.2, 0) is 5.75 Å². The molecule has 2 heterocycles. The van der Waals surface area contributed by atoms with Crippen LogP contribution in [0.25, 0.3) is 5.65 Å². The summed E-state index contributed by atoms with van der Waals surface area (Å²) in [6.07, 6.45) is 4.92. The molecule has 2 aromatic rings. The van der Waals surface area contributed by atoms with Gasteiger partial charge in [-0.3, -0.25) is 0 Å². The second-order valence-electron chi connectivity index (χ2n) is 3.83. The van der Waals surface area contributed by atoms with E-state index in [2.05, 4.69) is 18.1 Å². The number of hydrogen-bond donors (Lipinski definition) is 1. The van der Waals surface area contributed by atoms with Crippen molar-refractivity contribution in [3.8, 4) is 0 Å². The summed E-state index contributed by atoms with van der Waals surface area (Å²) in [7, 11) is 0. The van der Waals surface area contributed by atoms with E-state index in [0.29, 0.717) is 5.25 Å². The fraction of sp³-hybridized carbons (Fsp3) is 0.417. The summed E-state index contributed by atoms with van der Waals surface area (Å²) < 4.78 is 2.03. The highest BCUT2D eigenvalue weighted by Gasteiger charge is 2.05. The highest BCUT2D eigenvalue weighted by atomic mass is 32.2.